The second-order valence-corrected chi connectivity index (χ2v) is 8.60. The molecular weight excluding hydrogens is 376 g/mol. The van der Waals surface area contributed by atoms with Crippen molar-refractivity contribution in [2.24, 2.45) is 5.92 Å². The minimum Gasteiger partial charge on any atom is -0.507 e. The minimum atomic E-state index is -1.04. The van der Waals surface area contributed by atoms with Crippen molar-refractivity contribution < 1.29 is 29.2 Å². The smallest absolute Gasteiger partial charge is 0.336 e. The molecule has 0 spiro atoms. The number of aromatic hydroxyl groups is 1. The fraction of sp³-hybridized carbons (Fsp3) is 0.545. The molecule has 1 aromatic carbocycles. The highest BCUT2D eigenvalue weighted by Crippen LogP contribution is 2.48. The number of ether oxygens (including phenoxy) is 1. The molecule has 0 saturated carbocycles. The Balaban J connectivity index is 2.34. The van der Waals surface area contributed by atoms with Crippen molar-refractivity contribution in [2.45, 2.75) is 72.0 Å². The lowest BCUT2D eigenvalue weighted by Crippen LogP contribution is -2.41. The van der Waals surface area contributed by atoms with Crippen LogP contribution >= 0.6 is 0 Å². The summed E-state index contributed by atoms with van der Waals surface area (Å²) < 4.78 is 11.5. The molecule has 3 rings (SSSR count). The standard InChI is InChI=1S/C22H28O7/c1-6-7-12-9-16(24)28-21-17(12)20-13(10-15(27-20)22(4,5)29-26)19(25)18(21)14(23)8-11(2)3/h9,11,15,25-26H,6-8,10H2,1-5H3/t15-/m0/s1. The predicted octanol–water partition coefficient (Wildman–Crippen LogP) is 4.25. The summed E-state index contributed by atoms with van der Waals surface area (Å²) in [5.41, 5.74) is -0.364. The molecule has 0 bridgehead atoms. The van der Waals surface area contributed by atoms with E-state index in [2.05, 4.69) is 4.89 Å². The Morgan fingerprint density at radius 1 is 1.38 bits per heavy atom. The van der Waals surface area contributed by atoms with Gasteiger partial charge in [0.15, 0.2) is 11.4 Å². The molecule has 1 atom stereocenters. The molecule has 7 heteroatoms. The molecule has 2 N–H and O–H groups in total. The van der Waals surface area contributed by atoms with Crippen LogP contribution in [0, 0.1) is 5.92 Å². The molecule has 0 fully saturated rings. The SMILES string of the molecule is CCCc1cc(=O)oc2c(C(=O)CC(C)C)c(O)c3c(c12)O[C@H](C(C)(C)OO)C3. The first-order valence-corrected chi connectivity index (χ1v) is 9.97. The number of phenolic OH excluding ortho intramolecular Hbond substituents is 1. The van der Waals surface area contributed by atoms with E-state index in [0.29, 0.717) is 28.7 Å². The average Bonchev–Trinajstić information content (AvgIpc) is 3.07. The van der Waals surface area contributed by atoms with Crippen LogP contribution < -0.4 is 10.4 Å². The number of hydrogen-bond acceptors (Lipinski definition) is 7. The lowest BCUT2D eigenvalue weighted by atomic mass is 9.91. The van der Waals surface area contributed by atoms with Gasteiger partial charge in [-0.15, -0.1) is 0 Å². The van der Waals surface area contributed by atoms with Gasteiger partial charge in [0.1, 0.15) is 28.8 Å². The van der Waals surface area contributed by atoms with Crippen LogP contribution in [0.3, 0.4) is 0 Å². The van der Waals surface area contributed by atoms with Crippen LogP contribution in [0.2, 0.25) is 0 Å². The number of hydrogen-bond donors (Lipinski definition) is 2. The Labute approximate surface area is 169 Å². The Bertz CT molecular complexity index is 1000. The van der Waals surface area contributed by atoms with Gasteiger partial charge in [0.25, 0.3) is 0 Å². The van der Waals surface area contributed by atoms with E-state index in [9.17, 15) is 20.0 Å². The molecule has 1 aliphatic rings. The first-order chi connectivity index (χ1) is 13.6. The Morgan fingerprint density at radius 3 is 2.66 bits per heavy atom. The topological polar surface area (TPSA) is 106 Å². The summed E-state index contributed by atoms with van der Waals surface area (Å²) in [6, 6.07) is 1.41. The van der Waals surface area contributed by atoms with Crippen LogP contribution in [-0.2, 0) is 17.7 Å². The predicted molar refractivity (Wildman–Crippen MR) is 108 cm³/mol. The van der Waals surface area contributed by atoms with Crippen molar-refractivity contribution in [3.05, 3.63) is 33.2 Å². The molecule has 7 nitrogen and oxygen atoms in total. The van der Waals surface area contributed by atoms with Gasteiger partial charge < -0.3 is 14.3 Å². The normalized spacial score (nSPS) is 16.3. The van der Waals surface area contributed by atoms with Gasteiger partial charge in [-0.05, 0) is 31.7 Å². The van der Waals surface area contributed by atoms with Gasteiger partial charge in [-0.2, -0.15) is 0 Å². The first-order valence-electron chi connectivity index (χ1n) is 9.97. The Morgan fingerprint density at radius 2 is 2.07 bits per heavy atom. The van der Waals surface area contributed by atoms with Crippen molar-refractivity contribution in [2.75, 3.05) is 0 Å². The van der Waals surface area contributed by atoms with Gasteiger partial charge in [-0.25, -0.2) is 9.68 Å². The molecule has 0 saturated heterocycles. The summed E-state index contributed by atoms with van der Waals surface area (Å²) in [4.78, 5) is 29.8. The van der Waals surface area contributed by atoms with Crippen LogP contribution in [0.1, 0.15) is 68.9 Å². The third-order valence-electron chi connectivity index (χ3n) is 5.35. The average molecular weight is 404 g/mol. The van der Waals surface area contributed by atoms with Crippen LogP contribution in [0.25, 0.3) is 11.0 Å². The molecule has 0 unspecified atom stereocenters. The number of ketones is 1. The highest BCUT2D eigenvalue weighted by Gasteiger charge is 2.42. The molecule has 29 heavy (non-hydrogen) atoms. The fourth-order valence-electron chi connectivity index (χ4n) is 3.82. The van der Waals surface area contributed by atoms with Gasteiger partial charge in [0, 0.05) is 24.5 Å². The van der Waals surface area contributed by atoms with Crippen molar-refractivity contribution in [1.82, 2.24) is 0 Å². The number of phenols is 1. The van der Waals surface area contributed by atoms with Crippen LogP contribution in [0.4, 0.5) is 0 Å². The number of carbonyl (C=O) groups excluding carboxylic acids is 1. The molecule has 0 radical (unpaired) electrons. The molecule has 1 aromatic heterocycles. The third-order valence-corrected chi connectivity index (χ3v) is 5.35. The van der Waals surface area contributed by atoms with Gasteiger partial charge in [0.05, 0.1) is 5.39 Å². The summed E-state index contributed by atoms with van der Waals surface area (Å²) in [6.07, 6.45) is 1.23. The van der Waals surface area contributed by atoms with Crippen molar-refractivity contribution >= 4 is 16.8 Å². The number of aryl methyl sites for hydroxylation is 1. The summed E-state index contributed by atoms with van der Waals surface area (Å²) in [7, 11) is 0. The van der Waals surface area contributed by atoms with Crippen molar-refractivity contribution in [3.63, 3.8) is 0 Å². The number of carbonyl (C=O) groups is 1. The zero-order valence-electron chi connectivity index (χ0n) is 17.5. The molecular formula is C22H28O7. The van der Waals surface area contributed by atoms with Crippen LogP contribution in [0.5, 0.6) is 11.5 Å². The molecule has 158 valence electrons. The highest BCUT2D eigenvalue weighted by atomic mass is 17.1. The van der Waals surface area contributed by atoms with Crippen molar-refractivity contribution in [1.29, 1.82) is 0 Å². The Kier molecular flexibility index (Phi) is 5.74. The van der Waals surface area contributed by atoms with Gasteiger partial charge in [-0.3, -0.25) is 10.1 Å². The van der Waals surface area contributed by atoms with Crippen molar-refractivity contribution in [3.8, 4) is 11.5 Å². The second-order valence-electron chi connectivity index (χ2n) is 8.60. The molecule has 0 amide bonds. The highest BCUT2D eigenvalue weighted by molar-refractivity contribution is 6.11. The van der Waals surface area contributed by atoms with E-state index in [1.165, 1.54) is 6.07 Å². The number of Topliss-reactive ketones (excluding diaryl/α,β-unsaturated/α-hetero) is 1. The summed E-state index contributed by atoms with van der Waals surface area (Å²) in [5, 5.41) is 20.8. The molecule has 2 heterocycles. The van der Waals surface area contributed by atoms with E-state index in [4.69, 9.17) is 9.15 Å². The molecule has 1 aliphatic heterocycles. The zero-order chi connectivity index (χ0) is 21.5. The summed E-state index contributed by atoms with van der Waals surface area (Å²) in [5.74, 6) is -0.0724. The summed E-state index contributed by atoms with van der Waals surface area (Å²) in [6.45, 7) is 9.13. The monoisotopic (exact) mass is 404 g/mol. The van der Waals surface area contributed by atoms with E-state index in [1.54, 1.807) is 13.8 Å². The molecule has 0 aliphatic carbocycles. The lowest BCUT2D eigenvalue weighted by molar-refractivity contribution is -0.329. The van der Waals surface area contributed by atoms with E-state index in [1.807, 2.05) is 20.8 Å². The van der Waals surface area contributed by atoms with Gasteiger partial charge >= 0.3 is 5.63 Å². The maximum Gasteiger partial charge on any atom is 0.336 e. The third kappa shape index (κ3) is 3.76. The van der Waals surface area contributed by atoms with Gasteiger partial charge in [-0.1, -0.05) is 27.2 Å². The number of benzene rings is 1. The fourth-order valence-corrected chi connectivity index (χ4v) is 3.82. The second kappa shape index (κ2) is 7.80. The van der Waals surface area contributed by atoms with E-state index < -0.39 is 17.3 Å². The van der Waals surface area contributed by atoms with E-state index >= 15 is 0 Å². The van der Waals surface area contributed by atoms with Crippen LogP contribution in [0.15, 0.2) is 15.3 Å². The van der Waals surface area contributed by atoms with E-state index in [-0.39, 0.29) is 41.4 Å². The maximum absolute atomic E-state index is 13.0. The lowest BCUT2D eigenvalue weighted by Gasteiger charge is -2.27. The number of rotatable bonds is 7. The summed E-state index contributed by atoms with van der Waals surface area (Å²) >= 11 is 0. The van der Waals surface area contributed by atoms with Crippen LogP contribution in [-0.4, -0.2) is 27.9 Å². The van der Waals surface area contributed by atoms with E-state index in [0.717, 1.165) is 6.42 Å². The van der Waals surface area contributed by atoms with Gasteiger partial charge in [0.2, 0.25) is 0 Å². The first kappa shape index (κ1) is 21.3. The quantitative estimate of drug-likeness (QED) is 0.307. The maximum atomic E-state index is 13.0. The largest absolute Gasteiger partial charge is 0.507 e. The molecule has 2 aromatic rings. The zero-order valence-corrected chi connectivity index (χ0v) is 17.5. The minimum absolute atomic E-state index is 0.0227. The Hall–Kier alpha value is -2.38. The number of fused-ring (bicyclic) bond motifs is 3.